The minimum absolute atomic E-state index is 0.198. The van der Waals surface area contributed by atoms with E-state index in [2.05, 4.69) is 25.6 Å². The van der Waals surface area contributed by atoms with Crippen molar-refractivity contribution in [2.24, 2.45) is 0 Å². The van der Waals surface area contributed by atoms with Crippen molar-refractivity contribution < 1.29 is 13.9 Å². The molecular formula is C18H18N6O3S. The van der Waals surface area contributed by atoms with Gasteiger partial charge in [-0.15, -0.1) is 11.3 Å². The summed E-state index contributed by atoms with van der Waals surface area (Å²) in [5.74, 6) is 0.395. The molecule has 28 heavy (non-hydrogen) atoms. The first-order valence-corrected chi connectivity index (χ1v) is 9.58. The van der Waals surface area contributed by atoms with E-state index in [0.717, 1.165) is 10.6 Å². The van der Waals surface area contributed by atoms with Crippen molar-refractivity contribution >= 4 is 22.9 Å². The summed E-state index contributed by atoms with van der Waals surface area (Å²) in [7, 11) is 0. The van der Waals surface area contributed by atoms with Crippen molar-refractivity contribution in [3.63, 3.8) is 0 Å². The van der Waals surface area contributed by atoms with Crippen LogP contribution < -0.4 is 5.32 Å². The SMILES string of the molecule is CCOCCn1cc(NC(=O)c2ccc(-c3cn[nH]c3)o2)c(-c2nccs2)n1. The number of carbonyl (C=O) groups is 1. The second-order valence-electron chi connectivity index (χ2n) is 5.79. The molecule has 0 spiro atoms. The van der Waals surface area contributed by atoms with Gasteiger partial charge in [0.15, 0.2) is 5.76 Å². The summed E-state index contributed by atoms with van der Waals surface area (Å²) in [6.45, 7) is 3.70. The Bertz CT molecular complexity index is 1040. The third-order valence-electron chi connectivity index (χ3n) is 3.93. The molecule has 1 amide bonds. The van der Waals surface area contributed by atoms with Gasteiger partial charge in [-0.2, -0.15) is 10.2 Å². The van der Waals surface area contributed by atoms with Crippen LogP contribution in [0.15, 0.2) is 46.7 Å². The molecule has 0 aromatic carbocycles. The summed E-state index contributed by atoms with van der Waals surface area (Å²) in [5, 5.41) is 16.6. The predicted octanol–water partition coefficient (Wildman–Crippen LogP) is 3.28. The molecule has 9 nitrogen and oxygen atoms in total. The van der Waals surface area contributed by atoms with E-state index in [9.17, 15) is 4.79 Å². The number of thiazole rings is 1. The second-order valence-corrected chi connectivity index (χ2v) is 6.69. The number of hydrogen-bond donors (Lipinski definition) is 2. The maximum absolute atomic E-state index is 12.7. The van der Waals surface area contributed by atoms with Crippen molar-refractivity contribution in [2.75, 3.05) is 18.5 Å². The fourth-order valence-electron chi connectivity index (χ4n) is 2.61. The zero-order valence-electron chi connectivity index (χ0n) is 15.1. The Morgan fingerprint density at radius 3 is 3.11 bits per heavy atom. The van der Waals surface area contributed by atoms with Gasteiger partial charge < -0.3 is 14.5 Å². The summed E-state index contributed by atoms with van der Waals surface area (Å²) < 4.78 is 12.8. The summed E-state index contributed by atoms with van der Waals surface area (Å²) in [6.07, 6.45) is 6.80. The first-order chi connectivity index (χ1) is 13.7. The highest BCUT2D eigenvalue weighted by atomic mass is 32.1. The van der Waals surface area contributed by atoms with Crippen molar-refractivity contribution in [1.82, 2.24) is 25.0 Å². The Morgan fingerprint density at radius 2 is 2.36 bits per heavy atom. The Balaban J connectivity index is 1.55. The van der Waals surface area contributed by atoms with Gasteiger partial charge in [0.1, 0.15) is 16.5 Å². The zero-order valence-corrected chi connectivity index (χ0v) is 15.9. The normalized spacial score (nSPS) is 11.0. The lowest BCUT2D eigenvalue weighted by Gasteiger charge is -2.02. The van der Waals surface area contributed by atoms with E-state index in [4.69, 9.17) is 9.15 Å². The Hall–Kier alpha value is -3.24. The molecule has 0 saturated carbocycles. The standard InChI is InChI=1S/C18H18N6O3S/c1-2-26-7-6-24-11-13(16(23-24)18-19-5-8-28-18)22-17(25)15-4-3-14(27-15)12-9-20-21-10-12/h3-5,8-11H,2,6-7H2,1H3,(H,20,21)(H,22,25). The van der Waals surface area contributed by atoms with Gasteiger partial charge in [-0.05, 0) is 19.1 Å². The number of nitrogens with zero attached hydrogens (tertiary/aromatic N) is 4. The highest BCUT2D eigenvalue weighted by molar-refractivity contribution is 7.13. The lowest BCUT2D eigenvalue weighted by Crippen LogP contribution is -2.11. The molecule has 0 unspecified atom stereocenters. The van der Waals surface area contributed by atoms with Gasteiger partial charge in [-0.3, -0.25) is 14.6 Å². The molecule has 4 aromatic rings. The van der Waals surface area contributed by atoms with Gasteiger partial charge in [0.05, 0.1) is 30.6 Å². The fraction of sp³-hybridized carbons (Fsp3) is 0.222. The van der Waals surface area contributed by atoms with Crippen LogP contribution in [0.5, 0.6) is 0 Å². The van der Waals surface area contributed by atoms with Crippen LogP contribution in [-0.4, -0.2) is 44.1 Å². The number of amides is 1. The fourth-order valence-corrected chi connectivity index (χ4v) is 3.25. The number of aromatic nitrogens is 5. The average molecular weight is 398 g/mol. The lowest BCUT2D eigenvalue weighted by atomic mass is 10.3. The molecule has 4 heterocycles. The maximum atomic E-state index is 12.7. The quantitative estimate of drug-likeness (QED) is 0.441. The van der Waals surface area contributed by atoms with E-state index in [-0.39, 0.29) is 11.7 Å². The number of anilines is 1. The predicted molar refractivity (Wildman–Crippen MR) is 104 cm³/mol. The van der Waals surface area contributed by atoms with Crippen LogP contribution in [0.25, 0.3) is 22.0 Å². The van der Waals surface area contributed by atoms with Crippen molar-refractivity contribution in [1.29, 1.82) is 0 Å². The number of rotatable bonds is 8. The monoisotopic (exact) mass is 398 g/mol. The van der Waals surface area contributed by atoms with Crippen molar-refractivity contribution in [2.45, 2.75) is 13.5 Å². The van der Waals surface area contributed by atoms with Gasteiger partial charge in [-0.1, -0.05) is 0 Å². The Labute approximate surface area is 164 Å². The summed E-state index contributed by atoms with van der Waals surface area (Å²) in [4.78, 5) is 17.0. The highest BCUT2D eigenvalue weighted by Gasteiger charge is 2.19. The molecule has 4 rings (SSSR count). The molecule has 0 aliphatic rings. The summed E-state index contributed by atoms with van der Waals surface area (Å²) >= 11 is 1.45. The largest absolute Gasteiger partial charge is 0.451 e. The summed E-state index contributed by atoms with van der Waals surface area (Å²) in [5.41, 5.74) is 1.95. The molecule has 2 N–H and O–H groups in total. The molecule has 0 fully saturated rings. The summed E-state index contributed by atoms with van der Waals surface area (Å²) in [6, 6.07) is 3.35. The van der Waals surface area contributed by atoms with Crippen LogP contribution >= 0.6 is 11.3 Å². The third kappa shape index (κ3) is 3.87. The van der Waals surface area contributed by atoms with Gasteiger partial charge in [0.2, 0.25) is 0 Å². The molecule has 10 heteroatoms. The Kier molecular flexibility index (Phi) is 5.31. The number of nitrogens with one attached hydrogen (secondary N) is 2. The third-order valence-corrected chi connectivity index (χ3v) is 4.71. The molecule has 0 aliphatic heterocycles. The van der Waals surface area contributed by atoms with Gasteiger partial charge in [0.25, 0.3) is 5.91 Å². The van der Waals surface area contributed by atoms with E-state index in [0.29, 0.717) is 36.9 Å². The number of hydrogen-bond acceptors (Lipinski definition) is 7. The van der Waals surface area contributed by atoms with E-state index in [1.54, 1.807) is 41.6 Å². The van der Waals surface area contributed by atoms with Gasteiger partial charge in [0, 0.05) is 30.6 Å². The minimum atomic E-state index is -0.364. The molecular weight excluding hydrogens is 380 g/mol. The smallest absolute Gasteiger partial charge is 0.291 e. The topological polar surface area (TPSA) is 111 Å². The van der Waals surface area contributed by atoms with E-state index < -0.39 is 0 Å². The Morgan fingerprint density at radius 1 is 1.43 bits per heavy atom. The molecule has 0 aliphatic carbocycles. The second kappa shape index (κ2) is 8.19. The van der Waals surface area contributed by atoms with E-state index in [1.807, 2.05) is 12.3 Å². The number of ether oxygens (including phenoxy) is 1. The minimum Gasteiger partial charge on any atom is -0.451 e. The molecule has 0 bridgehead atoms. The van der Waals surface area contributed by atoms with Crippen LogP contribution in [0.2, 0.25) is 0 Å². The van der Waals surface area contributed by atoms with Crippen molar-refractivity contribution in [3.8, 4) is 22.0 Å². The first kappa shape index (κ1) is 18.1. The highest BCUT2D eigenvalue weighted by Crippen LogP contribution is 2.29. The van der Waals surface area contributed by atoms with Gasteiger partial charge in [-0.25, -0.2) is 4.98 Å². The molecule has 4 aromatic heterocycles. The van der Waals surface area contributed by atoms with Crippen LogP contribution in [0, 0.1) is 0 Å². The zero-order chi connectivity index (χ0) is 19.3. The van der Waals surface area contributed by atoms with E-state index in [1.165, 1.54) is 11.3 Å². The number of H-pyrrole nitrogens is 1. The number of aromatic amines is 1. The molecule has 0 radical (unpaired) electrons. The van der Waals surface area contributed by atoms with Crippen LogP contribution in [-0.2, 0) is 11.3 Å². The average Bonchev–Trinajstić information content (AvgIpc) is 3.47. The van der Waals surface area contributed by atoms with Crippen molar-refractivity contribution in [3.05, 3.63) is 48.1 Å². The number of carbonyl (C=O) groups excluding carboxylic acids is 1. The molecule has 0 saturated heterocycles. The first-order valence-electron chi connectivity index (χ1n) is 8.70. The van der Waals surface area contributed by atoms with Crippen LogP contribution in [0.3, 0.4) is 0 Å². The van der Waals surface area contributed by atoms with Crippen LogP contribution in [0.1, 0.15) is 17.5 Å². The van der Waals surface area contributed by atoms with E-state index >= 15 is 0 Å². The number of furan rings is 1. The molecule has 0 atom stereocenters. The lowest BCUT2D eigenvalue weighted by molar-refractivity contribution is 0.0997. The maximum Gasteiger partial charge on any atom is 0.291 e. The van der Waals surface area contributed by atoms with Gasteiger partial charge >= 0.3 is 0 Å². The van der Waals surface area contributed by atoms with Crippen LogP contribution in [0.4, 0.5) is 5.69 Å². The molecule has 144 valence electrons.